The van der Waals surface area contributed by atoms with Crippen LogP contribution < -0.4 is 0 Å². The van der Waals surface area contributed by atoms with Crippen molar-refractivity contribution in [2.45, 2.75) is 45.3 Å². The Bertz CT molecular complexity index is 467. The topological polar surface area (TPSA) is 62.7 Å². The minimum absolute atomic E-state index is 0.105. The Labute approximate surface area is 117 Å². The van der Waals surface area contributed by atoms with Gasteiger partial charge in [0.25, 0.3) is 0 Å². The SMILES string of the molecule is Cc1csc([C@@H]2CN(C(=O)OC(C)(C)C)C[C@H]2O)n1. The van der Waals surface area contributed by atoms with Gasteiger partial charge in [0, 0.05) is 17.6 Å². The van der Waals surface area contributed by atoms with Crippen LogP contribution >= 0.6 is 11.3 Å². The summed E-state index contributed by atoms with van der Waals surface area (Å²) in [7, 11) is 0. The fraction of sp³-hybridized carbons (Fsp3) is 0.692. The normalized spacial score (nSPS) is 23.7. The number of rotatable bonds is 1. The highest BCUT2D eigenvalue weighted by molar-refractivity contribution is 7.09. The maximum Gasteiger partial charge on any atom is 0.410 e. The number of likely N-dealkylation sites (tertiary alicyclic amines) is 1. The van der Waals surface area contributed by atoms with Crippen molar-refractivity contribution in [2.75, 3.05) is 13.1 Å². The molecule has 0 saturated carbocycles. The van der Waals surface area contributed by atoms with Gasteiger partial charge in [0.2, 0.25) is 0 Å². The first-order chi connectivity index (χ1) is 8.76. The lowest BCUT2D eigenvalue weighted by Gasteiger charge is -2.24. The zero-order valence-corrected chi connectivity index (χ0v) is 12.5. The van der Waals surface area contributed by atoms with Crippen LogP contribution in [0.1, 0.15) is 37.4 Å². The van der Waals surface area contributed by atoms with E-state index in [2.05, 4.69) is 4.98 Å². The Kier molecular flexibility index (Phi) is 3.82. The van der Waals surface area contributed by atoms with Gasteiger partial charge in [-0.1, -0.05) is 0 Å². The smallest absolute Gasteiger partial charge is 0.410 e. The second-order valence-corrected chi connectivity index (χ2v) is 6.78. The minimum atomic E-state index is -0.571. The zero-order chi connectivity index (χ0) is 14.2. The van der Waals surface area contributed by atoms with E-state index in [-0.39, 0.29) is 12.0 Å². The molecule has 2 rings (SSSR count). The lowest BCUT2D eigenvalue weighted by atomic mass is 10.1. The molecule has 1 fully saturated rings. The summed E-state index contributed by atoms with van der Waals surface area (Å²) >= 11 is 1.53. The summed E-state index contributed by atoms with van der Waals surface area (Å²) in [6.45, 7) is 8.19. The van der Waals surface area contributed by atoms with Crippen LogP contribution in [0.3, 0.4) is 0 Å². The molecule has 1 amide bonds. The number of ether oxygens (including phenoxy) is 1. The van der Waals surface area contributed by atoms with Crippen molar-refractivity contribution in [3.05, 3.63) is 16.1 Å². The van der Waals surface area contributed by atoms with E-state index in [0.717, 1.165) is 10.7 Å². The summed E-state index contributed by atoms with van der Waals surface area (Å²) in [5, 5.41) is 12.9. The highest BCUT2D eigenvalue weighted by Gasteiger charge is 2.38. The number of aliphatic hydroxyl groups excluding tert-OH is 1. The van der Waals surface area contributed by atoms with Crippen LogP contribution in [0, 0.1) is 6.92 Å². The monoisotopic (exact) mass is 284 g/mol. The molecule has 1 aliphatic rings. The highest BCUT2D eigenvalue weighted by atomic mass is 32.1. The standard InChI is InChI=1S/C13H20N2O3S/c1-8-7-19-11(14-8)9-5-15(6-10(9)16)12(17)18-13(2,3)4/h7,9-10,16H,5-6H2,1-4H3/t9-,10-/m1/s1. The van der Waals surface area contributed by atoms with Gasteiger partial charge in [0.05, 0.1) is 18.6 Å². The summed E-state index contributed by atoms with van der Waals surface area (Å²) in [6.07, 6.45) is -0.944. The van der Waals surface area contributed by atoms with E-state index < -0.39 is 11.7 Å². The molecule has 0 spiro atoms. The van der Waals surface area contributed by atoms with Crippen LogP contribution in [-0.4, -0.2) is 45.9 Å². The molecule has 19 heavy (non-hydrogen) atoms. The second kappa shape index (κ2) is 5.09. The van der Waals surface area contributed by atoms with E-state index in [4.69, 9.17) is 4.74 Å². The summed E-state index contributed by atoms with van der Waals surface area (Å²) in [5.74, 6) is -0.105. The molecule has 0 unspecified atom stereocenters. The van der Waals surface area contributed by atoms with Crippen molar-refractivity contribution in [2.24, 2.45) is 0 Å². The predicted octanol–water partition coefficient (Wildman–Crippen LogP) is 2.15. The molecule has 0 aliphatic carbocycles. The molecule has 1 aromatic heterocycles. The second-order valence-electron chi connectivity index (χ2n) is 5.89. The maximum atomic E-state index is 12.0. The Hall–Kier alpha value is -1.14. The Morgan fingerprint density at radius 2 is 2.21 bits per heavy atom. The van der Waals surface area contributed by atoms with Crippen LogP contribution in [0.5, 0.6) is 0 Å². The van der Waals surface area contributed by atoms with Crippen molar-refractivity contribution >= 4 is 17.4 Å². The van der Waals surface area contributed by atoms with Gasteiger partial charge in [-0.25, -0.2) is 9.78 Å². The average molecular weight is 284 g/mol. The van der Waals surface area contributed by atoms with Crippen molar-refractivity contribution in [3.63, 3.8) is 0 Å². The van der Waals surface area contributed by atoms with Gasteiger partial charge in [-0.15, -0.1) is 11.3 Å². The molecule has 1 saturated heterocycles. The van der Waals surface area contributed by atoms with Crippen molar-refractivity contribution in [1.29, 1.82) is 0 Å². The minimum Gasteiger partial charge on any atom is -0.444 e. The Balaban J connectivity index is 2.03. The molecule has 0 bridgehead atoms. The number of hydrogen-bond acceptors (Lipinski definition) is 5. The Morgan fingerprint density at radius 1 is 1.53 bits per heavy atom. The number of nitrogens with zero attached hydrogens (tertiary/aromatic N) is 2. The highest BCUT2D eigenvalue weighted by Crippen LogP contribution is 2.30. The van der Waals surface area contributed by atoms with Gasteiger partial charge >= 0.3 is 6.09 Å². The van der Waals surface area contributed by atoms with Gasteiger partial charge in [0.1, 0.15) is 10.6 Å². The summed E-state index contributed by atoms with van der Waals surface area (Å²) in [4.78, 5) is 17.9. The zero-order valence-electron chi connectivity index (χ0n) is 11.7. The molecular weight excluding hydrogens is 264 g/mol. The van der Waals surface area contributed by atoms with Gasteiger partial charge in [-0.05, 0) is 27.7 Å². The van der Waals surface area contributed by atoms with Crippen LogP contribution in [-0.2, 0) is 4.74 Å². The van der Waals surface area contributed by atoms with Crippen LogP contribution in [0.4, 0.5) is 4.79 Å². The van der Waals surface area contributed by atoms with E-state index in [0.29, 0.717) is 13.1 Å². The number of β-amino-alcohol motifs (C(OH)–C–C–N with tert-alkyl or cyclic N) is 1. The number of thiazole rings is 1. The van der Waals surface area contributed by atoms with Crippen molar-refractivity contribution in [1.82, 2.24) is 9.88 Å². The van der Waals surface area contributed by atoms with Crippen LogP contribution in [0.15, 0.2) is 5.38 Å². The molecule has 106 valence electrons. The molecule has 2 heterocycles. The lowest BCUT2D eigenvalue weighted by molar-refractivity contribution is 0.0270. The van der Waals surface area contributed by atoms with E-state index in [1.165, 1.54) is 11.3 Å². The molecule has 5 nitrogen and oxygen atoms in total. The van der Waals surface area contributed by atoms with Gasteiger partial charge in [-0.3, -0.25) is 0 Å². The first-order valence-corrected chi connectivity index (χ1v) is 7.22. The molecule has 1 aromatic rings. The predicted molar refractivity (Wildman–Crippen MR) is 73.4 cm³/mol. The number of aromatic nitrogens is 1. The summed E-state index contributed by atoms with van der Waals surface area (Å²) in [5.41, 5.74) is 0.431. The number of aliphatic hydroxyl groups is 1. The van der Waals surface area contributed by atoms with E-state index in [1.54, 1.807) is 4.90 Å². The third-order valence-electron chi connectivity index (χ3n) is 2.89. The number of amides is 1. The molecule has 0 aromatic carbocycles. The first-order valence-electron chi connectivity index (χ1n) is 6.34. The van der Waals surface area contributed by atoms with Crippen molar-refractivity contribution < 1.29 is 14.6 Å². The quantitative estimate of drug-likeness (QED) is 0.858. The summed E-state index contributed by atoms with van der Waals surface area (Å²) < 4.78 is 5.32. The number of carbonyl (C=O) groups is 1. The van der Waals surface area contributed by atoms with Gasteiger partial charge in [0.15, 0.2) is 0 Å². The van der Waals surface area contributed by atoms with Crippen LogP contribution in [0.2, 0.25) is 0 Å². The third kappa shape index (κ3) is 3.45. The lowest BCUT2D eigenvalue weighted by Crippen LogP contribution is -2.35. The van der Waals surface area contributed by atoms with Gasteiger partial charge < -0.3 is 14.7 Å². The van der Waals surface area contributed by atoms with E-state index in [9.17, 15) is 9.90 Å². The number of carbonyl (C=O) groups excluding carboxylic acids is 1. The largest absolute Gasteiger partial charge is 0.444 e. The average Bonchev–Trinajstić information content (AvgIpc) is 2.82. The van der Waals surface area contributed by atoms with Gasteiger partial charge in [-0.2, -0.15) is 0 Å². The third-order valence-corrected chi connectivity index (χ3v) is 3.99. The molecule has 1 aliphatic heterocycles. The van der Waals surface area contributed by atoms with Crippen LogP contribution in [0.25, 0.3) is 0 Å². The number of hydrogen-bond donors (Lipinski definition) is 1. The molecule has 6 heteroatoms. The fourth-order valence-corrected chi connectivity index (χ4v) is 2.99. The molecule has 0 radical (unpaired) electrons. The van der Waals surface area contributed by atoms with E-state index >= 15 is 0 Å². The maximum absolute atomic E-state index is 12.0. The first kappa shape index (κ1) is 14.3. The molecule has 2 atom stereocenters. The molecule has 1 N–H and O–H groups in total. The Morgan fingerprint density at radius 3 is 2.74 bits per heavy atom. The van der Waals surface area contributed by atoms with E-state index in [1.807, 2.05) is 33.1 Å². The van der Waals surface area contributed by atoms with Crippen molar-refractivity contribution in [3.8, 4) is 0 Å². The summed E-state index contributed by atoms with van der Waals surface area (Å²) in [6, 6.07) is 0. The fourth-order valence-electron chi connectivity index (χ4n) is 2.05. The molecular formula is C13H20N2O3S. The number of aryl methyl sites for hydroxylation is 1.